The highest BCUT2D eigenvalue weighted by Gasteiger charge is 1.97. The highest BCUT2D eigenvalue weighted by atomic mass is 79.9. The van der Waals surface area contributed by atoms with Gasteiger partial charge >= 0.3 is 0 Å². The number of carbonyl (C=O) groups is 1. The zero-order valence-electron chi connectivity index (χ0n) is 8.44. The predicted octanol–water partition coefficient (Wildman–Crippen LogP) is 2.86. The van der Waals surface area contributed by atoms with E-state index in [9.17, 15) is 4.79 Å². The predicted molar refractivity (Wildman–Crippen MR) is 60.2 cm³/mol. The lowest BCUT2D eigenvalue weighted by Crippen LogP contribution is -2.21. The number of hydrogen-bond donors (Lipinski definition) is 1. The molecule has 1 N–H and O–H groups in total. The van der Waals surface area contributed by atoms with E-state index in [1.54, 1.807) is 0 Å². The Morgan fingerprint density at radius 1 is 1.15 bits per heavy atom. The minimum Gasteiger partial charge on any atom is -0.356 e. The van der Waals surface area contributed by atoms with Gasteiger partial charge in [0.1, 0.15) is 0 Å². The third-order valence-corrected chi connectivity index (χ3v) is 2.47. The van der Waals surface area contributed by atoms with E-state index < -0.39 is 0 Å². The third kappa shape index (κ3) is 9.87. The van der Waals surface area contributed by atoms with Crippen molar-refractivity contribution in [1.82, 2.24) is 5.32 Å². The quantitative estimate of drug-likeness (QED) is 0.521. The molecule has 0 radical (unpaired) electrons. The molecule has 3 heteroatoms. The fraction of sp³-hybridized carbons (Fsp3) is 0.900. The monoisotopic (exact) mass is 249 g/mol. The van der Waals surface area contributed by atoms with Gasteiger partial charge in [-0.3, -0.25) is 4.79 Å². The van der Waals surface area contributed by atoms with Gasteiger partial charge in [0.25, 0.3) is 0 Å². The summed E-state index contributed by atoms with van der Waals surface area (Å²) in [6, 6.07) is 0. The summed E-state index contributed by atoms with van der Waals surface area (Å²) in [5, 5.41) is 3.90. The van der Waals surface area contributed by atoms with Gasteiger partial charge in [0.05, 0.1) is 0 Å². The maximum absolute atomic E-state index is 11.0. The van der Waals surface area contributed by atoms with Crippen molar-refractivity contribution in [2.75, 3.05) is 11.9 Å². The summed E-state index contributed by atoms with van der Waals surface area (Å²) in [5.41, 5.74) is 0. The Morgan fingerprint density at radius 2 is 1.77 bits per heavy atom. The molecular weight excluding hydrogens is 230 g/mol. The molecule has 0 aliphatic rings. The van der Waals surface area contributed by atoms with Gasteiger partial charge in [-0.15, -0.1) is 0 Å². The molecule has 0 fully saturated rings. The Labute approximate surface area is 89.6 Å². The van der Waals surface area contributed by atoms with Crippen LogP contribution in [0, 0.1) is 0 Å². The normalized spacial score (nSPS) is 10.0. The van der Waals surface area contributed by atoms with Gasteiger partial charge in [0, 0.05) is 18.3 Å². The van der Waals surface area contributed by atoms with Crippen LogP contribution in [0.4, 0.5) is 0 Å². The van der Waals surface area contributed by atoms with E-state index in [0.717, 1.165) is 18.3 Å². The highest BCUT2D eigenvalue weighted by Crippen LogP contribution is 2.06. The van der Waals surface area contributed by atoms with Crippen LogP contribution >= 0.6 is 15.9 Å². The van der Waals surface area contributed by atoms with Gasteiger partial charge < -0.3 is 5.32 Å². The number of unbranched alkanes of at least 4 members (excludes halogenated alkanes) is 4. The molecule has 0 saturated carbocycles. The molecule has 2 nitrogen and oxygen atoms in total. The van der Waals surface area contributed by atoms with E-state index in [1.807, 2.05) is 6.92 Å². The number of rotatable bonds is 8. The van der Waals surface area contributed by atoms with E-state index >= 15 is 0 Å². The molecule has 0 aliphatic heterocycles. The van der Waals surface area contributed by atoms with Crippen LogP contribution in [0.25, 0.3) is 0 Å². The van der Waals surface area contributed by atoms with Crippen molar-refractivity contribution >= 4 is 21.8 Å². The maximum Gasteiger partial charge on any atom is 0.219 e. The topological polar surface area (TPSA) is 29.1 Å². The van der Waals surface area contributed by atoms with Crippen LogP contribution in [-0.2, 0) is 4.79 Å². The minimum absolute atomic E-state index is 0.197. The summed E-state index contributed by atoms with van der Waals surface area (Å²) in [6.45, 7) is 2.70. The molecule has 0 rings (SSSR count). The number of nitrogens with one attached hydrogen (secondary N) is 1. The summed E-state index contributed by atoms with van der Waals surface area (Å²) >= 11 is 3.40. The average Bonchev–Trinajstić information content (AvgIpc) is 2.11. The molecule has 1 amide bonds. The van der Waals surface area contributed by atoms with E-state index in [1.165, 1.54) is 25.7 Å². The van der Waals surface area contributed by atoms with Gasteiger partial charge in [0.2, 0.25) is 5.91 Å². The molecule has 0 aromatic heterocycles. The first-order valence-electron chi connectivity index (χ1n) is 5.14. The fourth-order valence-electron chi connectivity index (χ4n) is 1.20. The Balaban J connectivity index is 3.02. The minimum atomic E-state index is 0.197. The van der Waals surface area contributed by atoms with E-state index in [4.69, 9.17) is 0 Å². The SMILES string of the molecule is CCNC(=O)CCCCCCCBr. The number of carbonyl (C=O) groups excluding carboxylic acids is 1. The number of amides is 1. The Morgan fingerprint density at radius 3 is 2.38 bits per heavy atom. The summed E-state index contributed by atoms with van der Waals surface area (Å²) in [5.74, 6) is 0.197. The van der Waals surface area contributed by atoms with Crippen LogP contribution in [0.1, 0.15) is 45.4 Å². The number of hydrogen-bond acceptors (Lipinski definition) is 1. The standard InChI is InChI=1S/C10H20BrNO/c1-2-12-10(13)8-6-4-3-5-7-9-11/h2-9H2,1H3,(H,12,13). The Kier molecular flexibility index (Phi) is 10.00. The van der Waals surface area contributed by atoms with E-state index in [0.29, 0.717) is 6.42 Å². The van der Waals surface area contributed by atoms with Crippen LogP contribution in [0.3, 0.4) is 0 Å². The van der Waals surface area contributed by atoms with Crippen molar-refractivity contribution in [1.29, 1.82) is 0 Å². The van der Waals surface area contributed by atoms with Crippen LogP contribution in [-0.4, -0.2) is 17.8 Å². The zero-order valence-corrected chi connectivity index (χ0v) is 10.0. The summed E-state index contributed by atoms with van der Waals surface area (Å²) in [6.07, 6.45) is 6.70. The van der Waals surface area contributed by atoms with Crippen LogP contribution < -0.4 is 5.32 Å². The van der Waals surface area contributed by atoms with Gasteiger partial charge in [-0.25, -0.2) is 0 Å². The zero-order chi connectivity index (χ0) is 9.94. The second-order valence-electron chi connectivity index (χ2n) is 3.16. The lowest BCUT2D eigenvalue weighted by molar-refractivity contribution is -0.121. The van der Waals surface area contributed by atoms with Gasteiger partial charge in [-0.2, -0.15) is 0 Å². The molecule has 0 atom stereocenters. The number of halogens is 1. The molecule has 0 aromatic carbocycles. The third-order valence-electron chi connectivity index (χ3n) is 1.91. The summed E-state index contributed by atoms with van der Waals surface area (Å²) < 4.78 is 0. The molecule has 0 saturated heterocycles. The largest absolute Gasteiger partial charge is 0.356 e. The smallest absolute Gasteiger partial charge is 0.219 e. The lowest BCUT2D eigenvalue weighted by Gasteiger charge is -2.01. The highest BCUT2D eigenvalue weighted by molar-refractivity contribution is 9.09. The van der Waals surface area contributed by atoms with Crippen LogP contribution in [0.2, 0.25) is 0 Å². The van der Waals surface area contributed by atoms with Gasteiger partial charge in [-0.1, -0.05) is 35.2 Å². The molecule has 0 spiro atoms. The molecule has 0 unspecified atom stereocenters. The second-order valence-corrected chi connectivity index (χ2v) is 3.95. The first-order valence-corrected chi connectivity index (χ1v) is 6.26. The molecule has 0 aliphatic carbocycles. The van der Waals surface area contributed by atoms with Crippen molar-refractivity contribution < 1.29 is 4.79 Å². The van der Waals surface area contributed by atoms with E-state index in [-0.39, 0.29) is 5.91 Å². The van der Waals surface area contributed by atoms with Gasteiger partial charge in [0.15, 0.2) is 0 Å². The van der Waals surface area contributed by atoms with Gasteiger partial charge in [-0.05, 0) is 19.8 Å². The van der Waals surface area contributed by atoms with Crippen LogP contribution in [0.15, 0.2) is 0 Å². The molecule has 78 valence electrons. The first kappa shape index (κ1) is 12.9. The lowest BCUT2D eigenvalue weighted by atomic mass is 10.1. The molecule has 0 bridgehead atoms. The van der Waals surface area contributed by atoms with Crippen molar-refractivity contribution in [3.8, 4) is 0 Å². The molecular formula is C10H20BrNO. The van der Waals surface area contributed by atoms with Crippen molar-refractivity contribution in [3.05, 3.63) is 0 Å². The second kappa shape index (κ2) is 10.0. The first-order chi connectivity index (χ1) is 6.31. The van der Waals surface area contributed by atoms with Crippen molar-refractivity contribution in [2.45, 2.75) is 45.4 Å². The molecule has 13 heavy (non-hydrogen) atoms. The Bertz CT molecular complexity index is 128. The summed E-state index contributed by atoms with van der Waals surface area (Å²) in [4.78, 5) is 11.0. The summed E-state index contributed by atoms with van der Waals surface area (Å²) in [7, 11) is 0. The molecule has 0 aromatic rings. The molecule has 0 heterocycles. The van der Waals surface area contributed by atoms with E-state index in [2.05, 4.69) is 21.2 Å². The average molecular weight is 250 g/mol. The fourth-order valence-corrected chi connectivity index (χ4v) is 1.59. The van der Waals surface area contributed by atoms with Crippen molar-refractivity contribution in [2.24, 2.45) is 0 Å². The maximum atomic E-state index is 11.0. The van der Waals surface area contributed by atoms with Crippen molar-refractivity contribution in [3.63, 3.8) is 0 Å². The number of alkyl halides is 1. The Hall–Kier alpha value is -0.0500. The van der Waals surface area contributed by atoms with Crippen LogP contribution in [0.5, 0.6) is 0 Å².